The van der Waals surface area contributed by atoms with Gasteiger partial charge < -0.3 is 7.43 Å². The van der Waals surface area contributed by atoms with Crippen LogP contribution in [0.15, 0.2) is 121 Å². The van der Waals surface area contributed by atoms with E-state index in [-0.39, 0.29) is 69.4 Å². The first kappa shape index (κ1) is 38.9. The molecule has 0 heterocycles. The first-order chi connectivity index (χ1) is 16.7. The molecule has 0 amide bonds. The van der Waals surface area contributed by atoms with Crippen molar-refractivity contribution in [2.75, 3.05) is 0 Å². The summed E-state index contributed by atoms with van der Waals surface area (Å²) in [6, 6.07) is 43.1. The van der Waals surface area contributed by atoms with Crippen LogP contribution < -0.4 is 0 Å². The Balaban J connectivity index is 0. The molecular formula is C35H37Cl2SiZr. The Kier molecular flexibility index (Phi) is 18.9. The average Bonchev–Trinajstić information content (AvgIpc) is 3.47. The second-order valence-electron chi connectivity index (χ2n) is 8.41. The molecule has 6 aromatic rings. The van der Waals surface area contributed by atoms with Crippen LogP contribution >= 0.6 is 24.8 Å². The van der Waals surface area contributed by atoms with Crippen molar-refractivity contribution in [1.29, 1.82) is 0 Å². The molecule has 0 nitrogen and oxygen atoms in total. The Morgan fingerprint density at radius 2 is 0.821 bits per heavy atom. The van der Waals surface area contributed by atoms with Crippen LogP contribution in [-0.2, 0) is 26.2 Å². The number of hydrogen-bond acceptors (Lipinski definition) is 0. The molecule has 0 aliphatic carbocycles. The summed E-state index contributed by atoms with van der Waals surface area (Å²) in [5, 5.41) is 5.37. The Morgan fingerprint density at radius 3 is 1.15 bits per heavy atom. The topological polar surface area (TPSA) is 0 Å². The molecule has 0 aliphatic rings. The molecule has 39 heavy (non-hydrogen) atoms. The Hall–Kier alpha value is -2.22. The average molecular weight is 648 g/mol. The van der Waals surface area contributed by atoms with E-state index in [9.17, 15) is 0 Å². The number of fused-ring (bicyclic) bond motifs is 2. The Bertz CT molecular complexity index is 1370. The molecule has 0 aliphatic heterocycles. The summed E-state index contributed by atoms with van der Waals surface area (Å²) in [4.78, 5) is 0. The van der Waals surface area contributed by atoms with Crippen LogP contribution in [0, 0.1) is 21.3 Å². The zero-order valence-electron chi connectivity index (χ0n) is 23.4. The summed E-state index contributed by atoms with van der Waals surface area (Å²) in [6.07, 6.45) is 0. The van der Waals surface area contributed by atoms with Gasteiger partial charge in [-0.1, -0.05) is 112 Å². The normalized spacial score (nSPS) is 9.03. The fourth-order valence-electron chi connectivity index (χ4n) is 4.51. The van der Waals surface area contributed by atoms with Crippen LogP contribution in [-0.4, -0.2) is 11.0 Å². The molecule has 0 atom stereocenters. The Labute approximate surface area is 271 Å². The summed E-state index contributed by atoms with van der Waals surface area (Å²) < 4.78 is 0. The van der Waals surface area contributed by atoms with E-state index in [1.54, 1.807) is 0 Å². The summed E-state index contributed by atoms with van der Waals surface area (Å²) in [6.45, 7) is 8.30. The van der Waals surface area contributed by atoms with Gasteiger partial charge in [0.15, 0.2) is 0 Å². The van der Waals surface area contributed by atoms with Gasteiger partial charge in [0.2, 0.25) is 0 Å². The molecule has 6 aromatic carbocycles. The number of aryl methyl sites for hydroxylation is 2. The fourth-order valence-corrected chi connectivity index (χ4v) is 4.51. The number of halogens is 2. The minimum Gasteiger partial charge on any atom is -0.358 e. The quantitative estimate of drug-likeness (QED) is 0.130. The molecule has 0 aromatic heterocycles. The minimum absolute atomic E-state index is 0. The van der Waals surface area contributed by atoms with E-state index < -0.39 is 0 Å². The van der Waals surface area contributed by atoms with Crippen molar-refractivity contribution in [3.05, 3.63) is 140 Å². The molecule has 0 N–H and O–H groups in total. The van der Waals surface area contributed by atoms with Crippen molar-refractivity contribution < 1.29 is 26.2 Å². The SMILES string of the molecule is CC.Cc1cc2c(-c3ccccc3)cccc2[cH-]1.Cc1cc2c(-c3ccccc3)cccc2[cH-]1.Cl.Cl.[CH3-].[Si].[Zr+3]. The second-order valence-corrected chi connectivity index (χ2v) is 8.41. The fraction of sp³-hybridized carbons (Fsp3) is 0.114. The molecule has 0 bridgehead atoms. The van der Waals surface area contributed by atoms with E-state index >= 15 is 0 Å². The summed E-state index contributed by atoms with van der Waals surface area (Å²) >= 11 is 0. The third-order valence-corrected chi connectivity index (χ3v) is 5.96. The van der Waals surface area contributed by atoms with Gasteiger partial charge in [-0.15, -0.1) is 93.9 Å². The molecule has 0 fully saturated rings. The van der Waals surface area contributed by atoms with E-state index in [1.807, 2.05) is 13.8 Å². The van der Waals surface area contributed by atoms with E-state index in [2.05, 4.69) is 135 Å². The van der Waals surface area contributed by atoms with Crippen molar-refractivity contribution in [3.8, 4) is 22.3 Å². The maximum absolute atomic E-state index is 2.26. The van der Waals surface area contributed by atoms with E-state index in [0.717, 1.165) is 0 Å². The van der Waals surface area contributed by atoms with Crippen molar-refractivity contribution >= 4 is 57.3 Å². The smallest absolute Gasteiger partial charge is 0.358 e. The predicted octanol–water partition coefficient (Wildman–Crippen LogP) is 11.0. The van der Waals surface area contributed by atoms with Crippen LogP contribution in [0.1, 0.15) is 25.0 Å². The first-order valence-corrected chi connectivity index (χ1v) is 12.1. The van der Waals surface area contributed by atoms with Gasteiger partial charge in [0, 0.05) is 11.0 Å². The number of rotatable bonds is 2. The molecule has 0 saturated carbocycles. The minimum atomic E-state index is 0. The van der Waals surface area contributed by atoms with Gasteiger partial charge >= 0.3 is 26.2 Å². The second kappa shape index (κ2) is 19.0. The van der Waals surface area contributed by atoms with Crippen molar-refractivity contribution in [2.24, 2.45) is 0 Å². The molecule has 6 rings (SSSR count). The van der Waals surface area contributed by atoms with Crippen LogP contribution in [0.5, 0.6) is 0 Å². The van der Waals surface area contributed by atoms with Crippen molar-refractivity contribution in [3.63, 3.8) is 0 Å². The van der Waals surface area contributed by atoms with Gasteiger partial charge in [-0.2, -0.15) is 12.1 Å². The van der Waals surface area contributed by atoms with Gasteiger partial charge in [0.1, 0.15) is 0 Å². The third kappa shape index (κ3) is 9.44. The maximum Gasteiger partial charge on any atom is 3.00 e. The summed E-state index contributed by atoms with van der Waals surface area (Å²) in [7, 11) is 0. The molecule has 0 saturated heterocycles. The van der Waals surface area contributed by atoms with E-state index in [1.165, 1.54) is 54.9 Å². The van der Waals surface area contributed by atoms with Gasteiger partial charge in [-0.25, -0.2) is 0 Å². The van der Waals surface area contributed by atoms with Gasteiger partial charge in [-0.05, 0) is 11.1 Å². The van der Waals surface area contributed by atoms with Crippen LogP contribution in [0.3, 0.4) is 0 Å². The molecule has 4 heteroatoms. The van der Waals surface area contributed by atoms with Crippen LogP contribution in [0.25, 0.3) is 43.8 Å². The van der Waals surface area contributed by atoms with E-state index in [0.29, 0.717) is 0 Å². The molecule has 5 radical (unpaired) electrons. The van der Waals surface area contributed by atoms with E-state index in [4.69, 9.17) is 0 Å². The molecule has 0 spiro atoms. The summed E-state index contributed by atoms with van der Waals surface area (Å²) in [5.41, 5.74) is 7.89. The number of benzene rings is 4. The standard InChI is InChI=1S/2C16H13.C2H6.CH3.2ClH.Si.Zr/c2*1-12-10-14-8-5-9-15(16(14)11-12)13-6-3-2-4-7-13;1-2;;;;;/h2*2-11H,1H3;1-2H3;1H3;2*1H;;/q2*-1;;-1;;;;+3. The van der Waals surface area contributed by atoms with Crippen LogP contribution in [0.2, 0.25) is 0 Å². The molecular weight excluding hydrogens is 611 g/mol. The predicted molar refractivity (Wildman–Crippen MR) is 177 cm³/mol. The monoisotopic (exact) mass is 645 g/mol. The largest absolute Gasteiger partial charge is 3.00 e. The van der Waals surface area contributed by atoms with Crippen molar-refractivity contribution in [1.82, 2.24) is 0 Å². The summed E-state index contributed by atoms with van der Waals surface area (Å²) in [5.74, 6) is 0. The zero-order chi connectivity index (χ0) is 23.9. The van der Waals surface area contributed by atoms with Crippen LogP contribution in [0.4, 0.5) is 0 Å². The Morgan fingerprint density at radius 1 is 0.487 bits per heavy atom. The zero-order valence-corrected chi connectivity index (χ0v) is 28.5. The van der Waals surface area contributed by atoms with Gasteiger partial charge in [0.05, 0.1) is 0 Å². The number of hydrogen-bond donors (Lipinski definition) is 0. The van der Waals surface area contributed by atoms with Gasteiger partial charge in [0.25, 0.3) is 0 Å². The van der Waals surface area contributed by atoms with Gasteiger partial charge in [-0.3, -0.25) is 0 Å². The first-order valence-electron chi connectivity index (χ1n) is 12.1. The third-order valence-electron chi connectivity index (χ3n) is 5.96. The molecule has 0 unspecified atom stereocenters. The maximum atomic E-state index is 2.26. The van der Waals surface area contributed by atoms with Crippen molar-refractivity contribution in [2.45, 2.75) is 27.7 Å². The molecule has 199 valence electrons.